The van der Waals surface area contributed by atoms with Gasteiger partial charge in [-0.2, -0.15) is 0 Å². The van der Waals surface area contributed by atoms with Crippen molar-refractivity contribution in [2.75, 3.05) is 6.61 Å². The molecule has 0 aromatic heterocycles. The number of alkyl halides is 3. The van der Waals surface area contributed by atoms with Crippen LogP contribution in [-0.2, 0) is 9.53 Å². The molecule has 0 heterocycles. The Morgan fingerprint density at radius 2 is 2.11 bits per heavy atom. The summed E-state index contributed by atoms with van der Waals surface area (Å²) in [5, 5.41) is 0. The summed E-state index contributed by atoms with van der Waals surface area (Å²) in [7, 11) is 0. The maximum atomic E-state index is 12.0. The van der Waals surface area contributed by atoms with E-state index in [2.05, 4.69) is 37.2 Å². The van der Waals surface area contributed by atoms with Gasteiger partial charge in [-0.1, -0.05) is 5.92 Å². The molecule has 0 N–H and O–H groups in total. The molecule has 1 aromatic rings. The Bertz CT molecular complexity index is 529. The van der Waals surface area contributed by atoms with E-state index in [-0.39, 0.29) is 16.8 Å². The van der Waals surface area contributed by atoms with Gasteiger partial charge in [0.25, 0.3) is 0 Å². The zero-order valence-corrected chi connectivity index (χ0v) is 11.3. The predicted octanol–water partition coefficient (Wildman–Crippen LogP) is 3.26. The first-order valence-electron chi connectivity index (χ1n) is 5.06. The molecule has 3 nitrogen and oxygen atoms in total. The molecule has 0 saturated heterocycles. The maximum Gasteiger partial charge on any atom is 0.573 e. The largest absolute Gasteiger partial charge is 0.573 e. The standard InChI is InChI=1S/C12H8BrF3O3/c1-2-18-11(17)6-4-8-3-5-9(7-10(8)13)19-12(14,15)16/h3,5,7H,2H2,1H3. The molecule has 0 fully saturated rings. The monoisotopic (exact) mass is 336 g/mol. The topological polar surface area (TPSA) is 35.5 Å². The van der Waals surface area contributed by atoms with Gasteiger partial charge >= 0.3 is 12.3 Å². The molecule has 0 aliphatic carbocycles. The summed E-state index contributed by atoms with van der Waals surface area (Å²) in [6.07, 6.45) is -4.75. The molecule has 102 valence electrons. The van der Waals surface area contributed by atoms with E-state index >= 15 is 0 Å². The molecule has 1 rings (SSSR count). The Labute approximate surface area is 115 Å². The van der Waals surface area contributed by atoms with Crippen LogP contribution in [0.5, 0.6) is 5.75 Å². The van der Waals surface area contributed by atoms with E-state index in [1.54, 1.807) is 6.92 Å². The molecule has 0 saturated carbocycles. The third-order valence-corrected chi connectivity index (χ3v) is 2.40. The molecule has 0 radical (unpaired) electrons. The Balaban J connectivity index is 2.86. The number of halogens is 4. The van der Waals surface area contributed by atoms with Crippen LogP contribution in [0.25, 0.3) is 0 Å². The number of rotatable bonds is 2. The molecule has 0 atom stereocenters. The van der Waals surface area contributed by atoms with Gasteiger partial charge in [0.15, 0.2) is 0 Å². The van der Waals surface area contributed by atoms with Crippen molar-refractivity contribution in [3.63, 3.8) is 0 Å². The van der Waals surface area contributed by atoms with Crippen LogP contribution in [0.1, 0.15) is 12.5 Å². The molecule has 0 bridgehead atoms. The number of benzene rings is 1. The van der Waals surface area contributed by atoms with Crippen LogP contribution < -0.4 is 4.74 Å². The van der Waals surface area contributed by atoms with Gasteiger partial charge in [-0.05, 0) is 41.1 Å². The van der Waals surface area contributed by atoms with E-state index in [0.29, 0.717) is 5.56 Å². The average molecular weight is 337 g/mol. The summed E-state index contributed by atoms with van der Waals surface area (Å²) in [5.41, 5.74) is 0.350. The fourth-order valence-corrected chi connectivity index (χ4v) is 1.54. The van der Waals surface area contributed by atoms with Gasteiger partial charge in [0.05, 0.1) is 6.61 Å². The Hall–Kier alpha value is -1.68. The first-order valence-corrected chi connectivity index (χ1v) is 5.85. The average Bonchev–Trinajstić information content (AvgIpc) is 2.26. The van der Waals surface area contributed by atoms with Crippen molar-refractivity contribution < 1.29 is 27.4 Å². The van der Waals surface area contributed by atoms with Gasteiger partial charge in [0, 0.05) is 16.0 Å². The van der Waals surface area contributed by atoms with E-state index in [9.17, 15) is 18.0 Å². The molecule has 1 aromatic carbocycles. The van der Waals surface area contributed by atoms with Crippen molar-refractivity contribution in [1.29, 1.82) is 0 Å². The number of ether oxygens (including phenoxy) is 2. The zero-order chi connectivity index (χ0) is 14.5. The SMILES string of the molecule is CCOC(=O)C#Cc1ccc(OC(F)(F)F)cc1Br. The second kappa shape index (κ2) is 6.48. The van der Waals surface area contributed by atoms with Crippen molar-refractivity contribution in [2.24, 2.45) is 0 Å². The molecule has 19 heavy (non-hydrogen) atoms. The molecule has 7 heteroatoms. The van der Waals surface area contributed by atoms with Crippen molar-refractivity contribution in [2.45, 2.75) is 13.3 Å². The summed E-state index contributed by atoms with van der Waals surface area (Å²) >= 11 is 3.04. The number of carbonyl (C=O) groups excluding carboxylic acids is 1. The highest BCUT2D eigenvalue weighted by Gasteiger charge is 2.31. The molecule has 0 aliphatic rings. The minimum Gasteiger partial charge on any atom is -0.456 e. The second-order valence-corrected chi connectivity index (χ2v) is 4.01. The number of hydrogen-bond acceptors (Lipinski definition) is 3. The lowest BCUT2D eigenvalue weighted by molar-refractivity contribution is -0.274. The van der Waals surface area contributed by atoms with E-state index in [0.717, 1.165) is 12.1 Å². The highest BCUT2D eigenvalue weighted by molar-refractivity contribution is 9.10. The summed E-state index contributed by atoms with van der Waals surface area (Å²) in [6, 6.07) is 3.52. The van der Waals surface area contributed by atoms with Gasteiger partial charge in [0.2, 0.25) is 0 Å². The lowest BCUT2D eigenvalue weighted by atomic mass is 10.2. The summed E-state index contributed by atoms with van der Waals surface area (Å²) in [4.78, 5) is 11.0. The van der Waals surface area contributed by atoms with Crippen LogP contribution in [0.4, 0.5) is 13.2 Å². The van der Waals surface area contributed by atoms with E-state index in [1.165, 1.54) is 6.07 Å². The summed E-state index contributed by atoms with van der Waals surface area (Å²) < 4.78 is 44.6. The number of esters is 1. The first kappa shape index (κ1) is 15.4. The van der Waals surface area contributed by atoms with E-state index in [4.69, 9.17) is 0 Å². The lowest BCUT2D eigenvalue weighted by Gasteiger charge is -2.09. The third kappa shape index (κ3) is 5.66. The fourth-order valence-electron chi connectivity index (χ4n) is 1.08. The highest BCUT2D eigenvalue weighted by atomic mass is 79.9. The third-order valence-electron chi connectivity index (χ3n) is 1.75. The maximum absolute atomic E-state index is 12.0. The predicted molar refractivity (Wildman–Crippen MR) is 64.3 cm³/mol. The zero-order valence-electron chi connectivity index (χ0n) is 9.68. The van der Waals surface area contributed by atoms with Gasteiger partial charge in [-0.25, -0.2) is 4.79 Å². The van der Waals surface area contributed by atoms with Crippen molar-refractivity contribution in [3.05, 3.63) is 28.2 Å². The quantitative estimate of drug-likeness (QED) is 0.614. The van der Waals surface area contributed by atoms with Gasteiger partial charge in [-0.15, -0.1) is 13.2 Å². The van der Waals surface area contributed by atoms with Crippen LogP contribution in [0.3, 0.4) is 0 Å². The Morgan fingerprint density at radius 3 is 2.63 bits per heavy atom. The van der Waals surface area contributed by atoms with Crippen molar-refractivity contribution >= 4 is 21.9 Å². The van der Waals surface area contributed by atoms with Crippen molar-refractivity contribution in [1.82, 2.24) is 0 Å². The minimum atomic E-state index is -4.75. The van der Waals surface area contributed by atoms with Gasteiger partial charge in [0.1, 0.15) is 5.75 Å². The fraction of sp³-hybridized carbons (Fsp3) is 0.250. The summed E-state index contributed by atoms with van der Waals surface area (Å²) in [5.74, 6) is 3.61. The van der Waals surface area contributed by atoms with Crippen molar-refractivity contribution in [3.8, 4) is 17.6 Å². The number of hydrogen-bond donors (Lipinski definition) is 0. The Morgan fingerprint density at radius 1 is 1.42 bits per heavy atom. The second-order valence-electron chi connectivity index (χ2n) is 3.16. The molecular weight excluding hydrogens is 329 g/mol. The van der Waals surface area contributed by atoms with Crippen LogP contribution >= 0.6 is 15.9 Å². The smallest absolute Gasteiger partial charge is 0.456 e. The van der Waals surface area contributed by atoms with Crippen LogP contribution in [0, 0.1) is 11.8 Å². The van der Waals surface area contributed by atoms with Crippen LogP contribution in [-0.4, -0.2) is 18.9 Å². The van der Waals surface area contributed by atoms with Gasteiger partial charge in [-0.3, -0.25) is 0 Å². The van der Waals surface area contributed by atoms with E-state index in [1.807, 2.05) is 0 Å². The van der Waals surface area contributed by atoms with Crippen LogP contribution in [0.2, 0.25) is 0 Å². The lowest BCUT2D eigenvalue weighted by Crippen LogP contribution is -2.17. The molecular formula is C12H8BrF3O3. The minimum absolute atomic E-state index is 0.201. The first-order chi connectivity index (χ1) is 8.81. The van der Waals surface area contributed by atoms with Gasteiger partial charge < -0.3 is 9.47 Å². The molecule has 0 spiro atoms. The molecule has 0 amide bonds. The van der Waals surface area contributed by atoms with Crippen LogP contribution in [0.15, 0.2) is 22.7 Å². The van der Waals surface area contributed by atoms with E-state index < -0.39 is 12.3 Å². The molecule has 0 unspecified atom stereocenters. The normalized spacial score (nSPS) is 10.4. The summed E-state index contributed by atoms with van der Waals surface area (Å²) in [6.45, 7) is 1.84. The highest BCUT2D eigenvalue weighted by Crippen LogP contribution is 2.27. The Kier molecular flexibility index (Phi) is 5.24. The number of carbonyl (C=O) groups is 1. The molecule has 0 aliphatic heterocycles.